The lowest BCUT2D eigenvalue weighted by molar-refractivity contribution is -0.121. The number of benzene rings is 2. The molecule has 0 saturated carbocycles. The number of hydrogen-bond donors (Lipinski definition) is 1. The molecule has 1 heterocycles. The first-order chi connectivity index (χ1) is 12.5. The van der Waals surface area contributed by atoms with Crippen LogP contribution in [0.5, 0.6) is 0 Å². The van der Waals surface area contributed by atoms with Crippen molar-refractivity contribution in [2.45, 2.75) is 33.4 Å². The molecule has 0 aromatic heterocycles. The third-order valence-corrected chi connectivity index (χ3v) is 5.22. The number of rotatable bonds is 5. The molecular formula is C22H29N3O. The average Bonchev–Trinajstić information content (AvgIpc) is 2.65. The Balaban J connectivity index is 1.51. The molecular weight excluding hydrogens is 322 g/mol. The van der Waals surface area contributed by atoms with Crippen molar-refractivity contribution >= 4 is 11.6 Å². The highest BCUT2D eigenvalue weighted by molar-refractivity contribution is 5.95. The van der Waals surface area contributed by atoms with Gasteiger partial charge in [0.2, 0.25) is 5.91 Å². The van der Waals surface area contributed by atoms with Crippen LogP contribution >= 0.6 is 0 Å². The number of piperazine rings is 1. The Kier molecular flexibility index (Phi) is 6.07. The largest absolute Gasteiger partial charge is 0.324 e. The zero-order chi connectivity index (χ0) is 18.5. The summed E-state index contributed by atoms with van der Waals surface area (Å²) in [5.74, 6) is 0.0773. The van der Waals surface area contributed by atoms with Crippen molar-refractivity contribution in [1.82, 2.24) is 9.80 Å². The van der Waals surface area contributed by atoms with Gasteiger partial charge in [0, 0.05) is 38.4 Å². The SMILES string of the molecule is Cc1ccc(NC(=O)[C@H](C)N2CCN(Cc3ccccc3)CC2)c(C)c1. The second kappa shape index (κ2) is 8.47. The summed E-state index contributed by atoms with van der Waals surface area (Å²) in [6.45, 7) is 10.9. The Morgan fingerprint density at radius 2 is 1.73 bits per heavy atom. The minimum Gasteiger partial charge on any atom is -0.324 e. The van der Waals surface area contributed by atoms with E-state index < -0.39 is 0 Å². The van der Waals surface area contributed by atoms with Gasteiger partial charge in [0.15, 0.2) is 0 Å². The van der Waals surface area contributed by atoms with Crippen LogP contribution in [0.2, 0.25) is 0 Å². The minimum atomic E-state index is -0.116. The highest BCUT2D eigenvalue weighted by Gasteiger charge is 2.25. The first-order valence-electron chi connectivity index (χ1n) is 9.41. The summed E-state index contributed by atoms with van der Waals surface area (Å²) in [6.07, 6.45) is 0. The summed E-state index contributed by atoms with van der Waals surface area (Å²) in [5.41, 5.74) is 4.58. The van der Waals surface area contributed by atoms with Gasteiger partial charge in [-0.3, -0.25) is 14.6 Å². The third kappa shape index (κ3) is 4.71. The van der Waals surface area contributed by atoms with E-state index in [-0.39, 0.29) is 11.9 Å². The molecule has 1 aliphatic heterocycles. The molecule has 4 heteroatoms. The molecule has 2 aromatic rings. The maximum atomic E-state index is 12.7. The molecule has 0 spiro atoms. The number of carbonyl (C=O) groups is 1. The van der Waals surface area contributed by atoms with Crippen LogP contribution in [0.4, 0.5) is 5.69 Å². The quantitative estimate of drug-likeness (QED) is 0.896. The fraction of sp³-hybridized carbons (Fsp3) is 0.409. The summed E-state index contributed by atoms with van der Waals surface area (Å²) >= 11 is 0. The van der Waals surface area contributed by atoms with E-state index in [4.69, 9.17) is 0 Å². The third-order valence-electron chi connectivity index (χ3n) is 5.22. The maximum Gasteiger partial charge on any atom is 0.241 e. The van der Waals surface area contributed by atoms with Gasteiger partial charge in [-0.05, 0) is 38.0 Å². The van der Waals surface area contributed by atoms with E-state index in [9.17, 15) is 4.79 Å². The number of amides is 1. The standard InChI is InChI=1S/C22H29N3O/c1-17-9-10-21(18(2)15-17)23-22(26)19(3)25-13-11-24(12-14-25)16-20-7-5-4-6-8-20/h4-10,15,19H,11-14,16H2,1-3H3,(H,23,26)/t19-/m0/s1. The van der Waals surface area contributed by atoms with E-state index >= 15 is 0 Å². The number of aryl methyl sites for hydroxylation is 2. The number of carbonyl (C=O) groups excluding carboxylic acids is 1. The van der Waals surface area contributed by atoms with Gasteiger partial charge in [-0.2, -0.15) is 0 Å². The molecule has 2 aromatic carbocycles. The summed E-state index contributed by atoms with van der Waals surface area (Å²) in [6, 6.07) is 16.6. The molecule has 0 bridgehead atoms. The Morgan fingerprint density at radius 1 is 1.04 bits per heavy atom. The van der Waals surface area contributed by atoms with Crippen LogP contribution in [0.3, 0.4) is 0 Å². The van der Waals surface area contributed by atoms with Crippen LogP contribution in [-0.2, 0) is 11.3 Å². The molecule has 3 rings (SSSR count). The van der Waals surface area contributed by atoms with Crippen LogP contribution in [-0.4, -0.2) is 47.9 Å². The fourth-order valence-corrected chi connectivity index (χ4v) is 3.51. The van der Waals surface area contributed by atoms with Gasteiger partial charge in [0.25, 0.3) is 0 Å². The number of nitrogens with one attached hydrogen (secondary N) is 1. The van der Waals surface area contributed by atoms with Crippen molar-refractivity contribution in [3.8, 4) is 0 Å². The topological polar surface area (TPSA) is 35.6 Å². The highest BCUT2D eigenvalue weighted by Crippen LogP contribution is 2.17. The first kappa shape index (κ1) is 18.6. The average molecular weight is 351 g/mol. The number of anilines is 1. The molecule has 26 heavy (non-hydrogen) atoms. The van der Waals surface area contributed by atoms with E-state index in [2.05, 4.69) is 58.4 Å². The van der Waals surface area contributed by atoms with Crippen molar-refractivity contribution in [2.24, 2.45) is 0 Å². The van der Waals surface area contributed by atoms with Gasteiger partial charge in [-0.1, -0.05) is 48.0 Å². The van der Waals surface area contributed by atoms with Crippen molar-refractivity contribution in [1.29, 1.82) is 0 Å². The molecule has 1 fully saturated rings. The Bertz CT molecular complexity index is 736. The monoisotopic (exact) mass is 351 g/mol. The molecule has 138 valence electrons. The van der Waals surface area contributed by atoms with Gasteiger partial charge in [0.05, 0.1) is 6.04 Å². The van der Waals surface area contributed by atoms with Crippen LogP contribution in [0, 0.1) is 13.8 Å². The van der Waals surface area contributed by atoms with Gasteiger partial charge in [0.1, 0.15) is 0 Å². The van der Waals surface area contributed by atoms with E-state index in [0.29, 0.717) is 0 Å². The molecule has 1 N–H and O–H groups in total. The smallest absolute Gasteiger partial charge is 0.241 e. The highest BCUT2D eigenvalue weighted by atomic mass is 16.2. The molecule has 4 nitrogen and oxygen atoms in total. The molecule has 1 saturated heterocycles. The Hall–Kier alpha value is -2.17. The van der Waals surface area contributed by atoms with E-state index in [0.717, 1.165) is 44.0 Å². The molecule has 0 unspecified atom stereocenters. The van der Waals surface area contributed by atoms with Crippen LogP contribution < -0.4 is 5.32 Å². The van der Waals surface area contributed by atoms with Crippen molar-refractivity contribution < 1.29 is 4.79 Å². The predicted octanol–water partition coefficient (Wildman–Crippen LogP) is 3.45. The second-order valence-corrected chi connectivity index (χ2v) is 7.28. The van der Waals surface area contributed by atoms with Crippen molar-refractivity contribution in [2.75, 3.05) is 31.5 Å². The van der Waals surface area contributed by atoms with Gasteiger partial charge in [-0.15, -0.1) is 0 Å². The van der Waals surface area contributed by atoms with Gasteiger partial charge >= 0.3 is 0 Å². The fourth-order valence-electron chi connectivity index (χ4n) is 3.51. The zero-order valence-corrected chi connectivity index (χ0v) is 16.0. The normalized spacial score (nSPS) is 17.0. The van der Waals surface area contributed by atoms with E-state index in [1.807, 2.05) is 26.0 Å². The Labute approximate surface area is 156 Å². The summed E-state index contributed by atoms with van der Waals surface area (Å²) in [5, 5.41) is 3.09. The van der Waals surface area contributed by atoms with Crippen LogP contribution in [0.25, 0.3) is 0 Å². The van der Waals surface area contributed by atoms with Crippen LogP contribution in [0.1, 0.15) is 23.6 Å². The summed E-state index contributed by atoms with van der Waals surface area (Å²) in [4.78, 5) is 17.4. The predicted molar refractivity (Wildman–Crippen MR) is 107 cm³/mol. The van der Waals surface area contributed by atoms with E-state index in [1.165, 1.54) is 11.1 Å². The van der Waals surface area contributed by atoms with E-state index in [1.54, 1.807) is 0 Å². The number of nitrogens with zero attached hydrogens (tertiary/aromatic N) is 2. The molecule has 0 radical (unpaired) electrons. The van der Waals surface area contributed by atoms with Crippen molar-refractivity contribution in [3.63, 3.8) is 0 Å². The van der Waals surface area contributed by atoms with Crippen molar-refractivity contribution in [3.05, 3.63) is 65.2 Å². The number of hydrogen-bond acceptors (Lipinski definition) is 3. The molecule has 1 atom stereocenters. The summed E-state index contributed by atoms with van der Waals surface area (Å²) < 4.78 is 0. The minimum absolute atomic E-state index is 0.0773. The van der Waals surface area contributed by atoms with Gasteiger partial charge < -0.3 is 5.32 Å². The molecule has 1 aliphatic rings. The lowest BCUT2D eigenvalue weighted by atomic mass is 10.1. The maximum absolute atomic E-state index is 12.7. The molecule has 1 amide bonds. The van der Waals surface area contributed by atoms with Gasteiger partial charge in [-0.25, -0.2) is 0 Å². The molecule has 0 aliphatic carbocycles. The Morgan fingerprint density at radius 3 is 2.38 bits per heavy atom. The second-order valence-electron chi connectivity index (χ2n) is 7.28. The lowest BCUT2D eigenvalue weighted by Crippen LogP contribution is -2.52. The van der Waals surface area contributed by atoms with Crippen LogP contribution in [0.15, 0.2) is 48.5 Å². The first-order valence-corrected chi connectivity index (χ1v) is 9.41. The summed E-state index contributed by atoms with van der Waals surface area (Å²) in [7, 11) is 0. The lowest BCUT2D eigenvalue weighted by Gasteiger charge is -2.37. The zero-order valence-electron chi connectivity index (χ0n) is 16.0.